The largest absolute Gasteiger partial charge is 0.497 e. The summed E-state index contributed by atoms with van der Waals surface area (Å²) < 4.78 is 9.63. The molecule has 0 spiro atoms. The van der Waals surface area contributed by atoms with Crippen LogP contribution in [0.2, 0.25) is 0 Å². The number of methoxy groups -OCH3 is 2. The molecule has 0 amide bonds. The summed E-state index contributed by atoms with van der Waals surface area (Å²) in [5.41, 5.74) is 6.69. The van der Waals surface area contributed by atoms with Gasteiger partial charge in [-0.15, -0.1) is 0 Å². The minimum Gasteiger partial charge on any atom is -0.497 e. The maximum absolute atomic E-state index is 11.3. The first-order valence-electron chi connectivity index (χ1n) is 4.18. The lowest BCUT2D eigenvalue weighted by Gasteiger charge is -2.07. The number of hydrogen-bond acceptors (Lipinski definition) is 4. The summed E-state index contributed by atoms with van der Waals surface area (Å²) in [4.78, 5) is 11.3. The van der Waals surface area contributed by atoms with E-state index in [2.05, 4.69) is 4.74 Å². The number of rotatable bonds is 3. The van der Waals surface area contributed by atoms with Gasteiger partial charge in [-0.05, 0) is 17.7 Å². The highest BCUT2D eigenvalue weighted by Crippen LogP contribution is 2.18. The van der Waals surface area contributed by atoms with E-state index in [1.54, 1.807) is 25.3 Å². The Bertz CT molecular complexity index is 336. The maximum Gasteiger partial charge on any atom is 0.338 e. The third-order valence-corrected chi connectivity index (χ3v) is 1.94. The second kappa shape index (κ2) is 4.62. The van der Waals surface area contributed by atoms with Gasteiger partial charge in [0, 0.05) is 6.54 Å². The second-order valence-corrected chi connectivity index (χ2v) is 2.72. The number of carbonyl (C=O) groups excluding carboxylic acids is 1. The molecule has 76 valence electrons. The number of ether oxygens (including phenoxy) is 2. The predicted molar refractivity (Wildman–Crippen MR) is 52.2 cm³/mol. The van der Waals surface area contributed by atoms with Crippen molar-refractivity contribution in [3.8, 4) is 5.75 Å². The van der Waals surface area contributed by atoms with Crippen molar-refractivity contribution in [1.82, 2.24) is 0 Å². The monoisotopic (exact) mass is 195 g/mol. The number of carbonyl (C=O) groups is 1. The van der Waals surface area contributed by atoms with E-state index in [0.717, 1.165) is 5.56 Å². The number of nitrogens with two attached hydrogens (primary N) is 1. The fraction of sp³-hybridized carbons (Fsp3) is 0.300. The first kappa shape index (κ1) is 10.5. The van der Waals surface area contributed by atoms with Gasteiger partial charge in [-0.25, -0.2) is 4.79 Å². The number of benzene rings is 1. The molecule has 1 aromatic rings. The van der Waals surface area contributed by atoms with Crippen molar-refractivity contribution < 1.29 is 14.3 Å². The maximum atomic E-state index is 11.3. The van der Waals surface area contributed by atoms with Crippen LogP contribution < -0.4 is 10.5 Å². The van der Waals surface area contributed by atoms with Crippen LogP contribution in [0.25, 0.3) is 0 Å². The van der Waals surface area contributed by atoms with E-state index in [-0.39, 0.29) is 0 Å². The lowest BCUT2D eigenvalue weighted by molar-refractivity contribution is 0.0599. The van der Waals surface area contributed by atoms with Crippen LogP contribution in [0.5, 0.6) is 5.75 Å². The van der Waals surface area contributed by atoms with Gasteiger partial charge in [0.2, 0.25) is 0 Å². The molecule has 14 heavy (non-hydrogen) atoms. The van der Waals surface area contributed by atoms with Gasteiger partial charge < -0.3 is 15.2 Å². The Labute approximate surface area is 82.6 Å². The zero-order chi connectivity index (χ0) is 10.6. The van der Waals surface area contributed by atoms with Crippen molar-refractivity contribution >= 4 is 5.97 Å². The summed E-state index contributed by atoms with van der Waals surface area (Å²) in [5.74, 6) is 0.215. The Morgan fingerprint density at radius 3 is 2.64 bits per heavy atom. The van der Waals surface area contributed by atoms with Gasteiger partial charge >= 0.3 is 5.97 Å². The highest BCUT2D eigenvalue weighted by Gasteiger charge is 2.11. The highest BCUT2D eigenvalue weighted by atomic mass is 16.5. The Morgan fingerprint density at radius 1 is 1.43 bits per heavy atom. The summed E-state index contributed by atoms with van der Waals surface area (Å²) in [6, 6.07) is 5.13. The van der Waals surface area contributed by atoms with E-state index in [0.29, 0.717) is 17.9 Å². The second-order valence-electron chi connectivity index (χ2n) is 2.72. The third-order valence-electron chi connectivity index (χ3n) is 1.94. The quantitative estimate of drug-likeness (QED) is 0.729. The molecule has 0 heterocycles. The number of hydrogen-bond donors (Lipinski definition) is 1. The van der Waals surface area contributed by atoms with Gasteiger partial charge in [-0.3, -0.25) is 0 Å². The highest BCUT2D eigenvalue weighted by molar-refractivity contribution is 5.91. The van der Waals surface area contributed by atoms with Crippen LogP contribution in [-0.2, 0) is 11.3 Å². The van der Waals surface area contributed by atoms with E-state index in [9.17, 15) is 4.79 Å². The lowest BCUT2D eigenvalue weighted by atomic mass is 10.1. The van der Waals surface area contributed by atoms with Crippen molar-refractivity contribution in [3.05, 3.63) is 29.3 Å². The van der Waals surface area contributed by atoms with Gasteiger partial charge in [-0.2, -0.15) is 0 Å². The minimum atomic E-state index is -0.399. The zero-order valence-electron chi connectivity index (χ0n) is 8.24. The summed E-state index contributed by atoms with van der Waals surface area (Å²) >= 11 is 0. The molecule has 2 N–H and O–H groups in total. The average molecular weight is 195 g/mol. The molecule has 0 saturated carbocycles. The van der Waals surface area contributed by atoms with Crippen LogP contribution >= 0.6 is 0 Å². The first-order chi connectivity index (χ1) is 6.72. The standard InChI is InChI=1S/C10H13NO3/c1-13-8-4-3-7(6-11)9(5-8)10(12)14-2/h3-5H,6,11H2,1-2H3. The molecule has 4 nitrogen and oxygen atoms in total. The lowest BCUT2D eigenvalue weighted by Crippen LogP contribution is -2.09. The van der Waals surface area contributed by atoms with Crippen LogP contribution in [0.1, 0.15) is 15.9 Å². The smallest absolute Gasteiger partial charge is 0.338 e. The summed E-state index contributed by atoms with van der Waals surface area (Å²) in [5, 5.41) is 0. The molecule has 0 aliphatic carbocycles. The molecule has 0 bridgehead atoms. The fourth-order valence-electron chi connectivity index (χ4n) is 1.16. The van der Waals surface area contributed by atoms with Gasteiger partial charge in [0.15, 0.2) is 0 Å². The van der Waals surface area contributed by atoms with Crippen molar-refractivity contribution in [1.29, 1.82) is 0 Å². The fourth-order valence-corrected chi connectivity index (χ4v) is 1.16. The molecule has 0 aliphatic heterocycles. The summed E-state index contributed by atoms with van der Waals surface area (Å²) in [7, 11) is 2.88. The van der Waals surface area contributed by atoms with Crippen molar-refractivity contribution in [3.63, 3.8) is 0 Å². The van der Waals surface area contributed by atoms with Crippen molar-refractivity contribution in [2.24, 2.45) is 5.73 Å². The normalized spacial score (nSPS) is 9.64. The Morgan fingerprint density at radius 2 is 2.14 bits per heavy atom. The van der Waals surface area contributed by atoms with Crippen LogP contribution in [0, 0.1) is 0 Å². The van der Waals surface area contributed by atoms with Gasteiger partial charge in [0.1, 0.15) is 5.75 Å². The molecule has 0 aliphatic rings. The van der Waals surface area contributed by atoms with Crippen LogP contribution in [0.15, 0.2) is 18.2 Å². The average Bonchev–Trinajstić information content (AvgIpc) is 2.27. The molecular formula is C10H13NO3. The van der Waals surface area contributed by atoms with Gasteiger partial charge in [0.25, 0.3) is 0 Å². The summed E-state index contributed by atoms with van der Waals surface area (Å²) in [6.07, 6.45) is 0. The van der Waals surface area contributed by atoms with Crippen LogP contribution in [-0.4, -0.2) is 20.2 Å². The Hall–Kier alpha value is -1.55. The van der Waals surface area contributed by atoms with E-state index in [4.69, 9.17) is 10.5 Å². The SMILES string of the molecule is COC(=O)c1cc(OC)ccc1CN. The van der Waals surface area contributed by atoms with Crippen LogP contribution in [0.4, 0.5) is 0 Å². The predicted octanol–water partition coefficient (Wildman–Crippen LogP) is 0.940. The molecule has 1 rings (SSSR count). The molecule has 1 aromatic carbocycles. The molecular weight excluding hydrogens is 182 g/mol. The Kier molecular flexibility index (Phi) is 3.48. The first-order valence-corrected chi connectivity index (χ1v) is 4.18. The topological polar surface area (TPSA) is 61.5 Å². The van der Waals surface area contributed by atoms with Crippen molar-refractivity contribution in [2.45, 2.75) is 6.54 Å². The molecule has 4 heteroatoms. The van der Waals surface area contributed by atoms with E-state index >= 15 is 0 Å². The molecule has 0 unspecified atom stereocenters. The zero-order valence-corrected chi connectivity index (χ0v) is 8.24. The molecule has 0 atom stereocenters. The van der Waals surface area contributed by atoms with E-state index in [1.807, 2.05) is 0 Å². The number of esters is 1. The van der Waals surface area contributed by atoms with Crippen LogP contribution in [0.3, 0.4) is 0 Å². The third kappa shape index (κ3) is 2.03. The van der Waals surface area contributed by atoms with Gasteiger partial charge in [0.05, 0.1) is 19.8 Å². The molecule has 0 aromatic heterocycles. The molecule has 0 radical (unpaired) electrons. The molecule has 0 saturated heterocycles. The Balaban J connectivity index is 3.14. The van der Waals surface area contributed by atoms with Gasteiger partial charge in [-0.1, -0.05) is 6.07 Å². The molecule has 0 fully saturated rings. The summed E-state index contributed by atoms with van der Waals surface area (Å²) in [6.45, 7) is 0.300. The minimum absolute atomic E-state index is 0.300. The van der Waals surface area contributed by atoms with E-state index in [1.165, 1.54) is 7.11 Å². The van der Waals surface area contributed by atoms with Crippen molar-refractivity contribution in [2.75, 3.05) is 14.2 Å². The van der Waals surface area contributed by atoms with E-state index < -0.39 is 5.97 Å².